The molecule has 5 aliphatic rings. The van der Waals surface area contributed by atoms with Crippen molar-refractivity contribution in [2.45, 2.75) is 57.0 Å². The van der Waals surface area contributed by atoms with E-state index in [1.807, 2.05) is 6.92 Å². The Balaban J connectivity index is 1.45. The Kier molecular flexibility index (Phi) is 3.03. The first-order chi connectivity index (χ1) is 10.0. The number of nitrogens with one attached hydrogen (secondary N) is 1. The van der Waals surface area contributed by atoms with Gasteiger partial charge in [0.05, 0.1) is 5.54 Å². The van der Waals surface area contributed by atoms with Crippen LogP contribution in [-0.2, 0) is 4.79 Å². The summed E-state index contributed by atoms with van der Waals surface area (Å²) in [4.78, 5) is 25.6. The summed E-state index contributed by atoms with van der Waals surface area (Å²) in [6.07, 6.45) is 8.10. The van der Waals surface area contributed by atoms with Crippen molar-refractivity contribution in [3.05, 3.63) is 0 Å². The average molecular weight is 292 g/mol. The smallest absolute Gasteiger partial charge is 0.324 e. The second kappa shape index (κ2) is 4.70. The third-order valence-electron chi connectivity index (χ3n) is 6.20. The lowest BCUT2D eigenvalue weighted by Crippen LogP contribution is -3.03. The van der Waals surface area contributed by atoms with E-state index in [2.05, 4.69) is 10.6 Å². The molecule has 0 aromatic carbocycles. The minimum absolute atomic E-state index is 0.0132. The van der Waals surface area contributed by atoms with Gasteiger partial charge in [-0.2, -0.15) is 0 Å². The minimum atomic E-state index is -0.217. The van der Waals surface area contributed by atoms with Gasteiger partial charge >= 0.3 is 6.03 Å². The third kappa shape index (κ3) is 2.26. The molecule has 1 atom stereocenters. The fourth-order valence-electron chi connectivity index (χ4n) is 5.91. The van der Waals surface area contributed by atoms with E-state index in [1.54, 1.807) is 0 Å². The molecular formula is C16H26N3O2+. The average Bonchev–Trinajstić information content (AvgIpc) is 2.81. The summed E-state index contributed by atoms with van der Waals surface area (Å²) >= 11 is 0. The molecule has 5 rings (SSSR count). The van der Waals surface area contributed by atoms with Gasteiger partial charge in [-0.25, -0.2) is 4.79 Å². The monoisotopic (exact) mass is 292 g/mol. The molecule has 1 saturated heterocycles. The second-order valence-corrected chi connectivity index (χ2v) is 7.96. The molecule has 4 saturated carbocycles. The van der Waals surface area contributed by atoms with Crippen LogP contribution in [0.15, 0.2) is 0 Å². The Morgan fingerprint density at radius 2 is 1.81 bits per heavy atom. The van der Waals surface area contributed by atoms with Crippen molar-refractivity contribution in [3.8, 4) is 0 Å². The van der Waals surface area contributed by atoms with E-state index >= 15 is 0 Å². The van der Waals surface area contributed by atoms with Gasteiger partial charge in [0.25, 0.3) is 5.91 Å². The molecule has 0 aromatic heterocycles. The number of nitrogens with zero attached hydrogens (tertiary/aromatic N) is 1. The maximum atomic E-state index is 12.5. The van der Waals surface area contributed by atoms with Crippen molar-refractivity contribution in [2.24, 2.45) is 17.8 Å². The molecule has 5 fully saturated rings. The highest BCUT2D eigenvalue weighted by molar-refractivity contribution is 5.97. The zero-order valence-corrected chi connectivity index (χ0v) is 12.8. The number of nitrogens with two attached hydrogens (primary N) is 1. The topological polar surface area (TPSA) is 66.0 Å². The van der Waals surface area contributed by atoms with Gasteiger partial charge in [0.15, 0.2) is 6.04 Å². The van der Waals surface area contributed by atoms with Crippen LogP contribution in [0.25, 0.3) is 0 Å². The van der Waals surface area contributed by atoms with Gasteiger partial charge in [-0.05, 0) is 43.9 Å². The van der Waals surface area contributed by atoms with Crippen molar-refractivity contribution in [3.63, 3.8) is 0 Å². The van der Waals surface area contributed by atoms with Gasteiger partial charge in [-0.3, -0.25) is 9.69 Å². The fourth-order valence-corrected chi connectivity index (χ4v) is 5.91. The molecule has 0 radical (unpaired) electrons. The molecular weight excluding hydrogens is 266 g/mol. The zero-order chi connectivity index (χ0) is 14.6. The van der Waals surface area contributed by atoms with E-state index in [1.165, 1.54) is 43.4 Å². The van der Waals surface area contributed by atoms with E-state index < -0.39 is 0 Å². The van der Waals surface area contributed by atoms with Crippen molar-refractivity contribution >= 4 is 11.9 Å². The van der Waals surface area contributed by atoms with E-state index in [9.17, 15) is 9.59 Å². The lowest BCUT2D eigenvalue weighted by Gasteiger charge is -2.55. The SMILES string of the molecule is C[C@H]([NH2+]C12CC3CC(CC(C3)C1)C2)C(=O)N1CCNC1=O. The van der Waals surface area contributed by atoms with Crippen LogP contribution >= 0.6 is 0 Å². The predicted octanol–water partition coefficient (Wildman–Crippen LogP) is 0.459. The van der Waals surface area contributed by atoms with Crippen LogP contribution in [0.3, 0.4) is 0 Å². The standard InChI is InChI=1S/C16H25N3O2/c1-10(14(20)19-3-2-17-15(19)21)18-16-7-11-4-12(8-16)6-13(5-11)9-16/h10-13,18H,2-9H2,1H3,(H,17,21)/p+1/t10-,11?,12?,13?,16?/m0/s1. The van der Waals surface area contributed by atoms with Gasteiger partial charge < -0.3 is 10.6 Å². The quantitative estimate of drug-likeness (QED) is 0.793. The number of urea groups is 1. The number of carbonyl (C=O) groups excluding carboxylic acids is 2. The Bertz CT molecular complexity index is 441. The van der Waals surface area contributed by atoms with Crippen LogP contribution < -0.4 is 10.6 Å². The molecule has 0 unspecified atom stereocenters. The molecule has 5 heteroatoms. The first-order valence-electron chi connectivity index (χ1n) is 8.50. The summed E-state index contributed by atoms with van der Waals surface area (Å²) in [7, 11) is 0. The number of hydrogen-bond donors (Lipinski definition) is 2. The second-order valence-electron chi connectivity index (χ2n) is 7.96. The number of carbonyl (C=O) groups is 2. The Morgan fingerprint density at radius 3 is 2.29 bits per heavy atom. The van der Waals surface area contributed by atoms with E-state index in [4.69, 9.17) is 0 Å². The predicted molar refractivity (Wildman–Crippen MR) is 77.4 cm³/mol. The van der Waals surface area contributed by atoms with E-state index in [0.29, 0.717) is 18.6 Å². The number of hydrogen-bond acceptors (Lipinski definition) is 2. The molecule has 5 nitrogen and oxygen atoms in total. The third-order valence-corrected chi connectivity index (χ3v) is 6.20. The van der Waals surface area contributed by atoms with Crippen LogP contribution in [0.5, 0.6) is 0 Å². The first-order valence-corrected chi connectivity index (χ1v) is 8.50. The maximum absolute atomic E-state index is 12.5. The number of amides is 3. The Morgan fingerprint density at radius 1 is 1.24 bits per heavy atom. The molecule has 3 amide bonds. The Labute approximate surface area is 125 Å². The first kappa shape index (κ1) is 13.6. The van der Waals surface area contributed by atoms with Gasteiger partial charge in [-0.15, -0.1) is 0 Å². The molecule has 4 aliphatic carbocycles. The fraction of sp³-hybridized carbons (Fsp3) is 0.875. The summed E-state index contributed by atoms with van der Waals surface area (Å²) in [6, 6.07) is -0.351. The van der Waals surface area contributed by atoms with Gasteiger partial charge in [0.1, 0.15) is 0 Å². The molecule has 1 heterocycles. The number of rotatable bonds is 3. The highest BCUT2D eigenvalue weighted by atomic mass is 16.2. The largest absolute Gasteiger partial charge is 0.336 e. The normalized spacial score (nSPS) is 42.2. The number of quaternary nitrogens is 1. The summed E-state index contributed by atoms with van der Waals surface area (Å²) in [5, 5.41) is 5.04. The maximum Gasteiger partial charge on any atom is 0.324 e. The summed E-state index contributed by atoms with van der Waals surface area (Å²) < 4.78 is 0. The molecule has 0 aromatic rings. The molecule has 0 spiro atoms. The van der Waals surface area contributed by atoms with Crippen molar-refractivity contribution in [2.75, 3.05) is 13.1 Å². The molecule has 3 N–H and O–H groups in total. The van der Waals surface area contributed by atoms with Crippen LogP contribution in [-0.4, -0.2) is 41.5 Å². The minimum Gasteiger partial charge on any atom is -0.336 e. The lowest BCUT2D eigenvalue weighted by atomic mass is 9.53. The molecule has 21 heavy (non-hydrogen) atoms. The van der Waals surface area contributed by atoms with E-state index in [0.717, 1.165) is 17.8 Å². The highest BCUT2D eigenvalue weighted by Gasteiger charge is 2.54. The molecule has 1 aliphatic heterocycles. The van der Waals surface area contributed by atoms with Gasteiger partial charge in [0, 0.05) is 32.4 Å². The summed E-state index contributed by atoms with van der Waals surface area (Å²) in [5.41, 5.74) is 0.292. The number of imide groups is 1. The Hall–Kier alpha value is -1.10. The van der Waals surface area contributed by atoms with E-state index in [-0.39, 0.29) is 18.0 Å². The summed E-state index contributed by atoms with van der Waals surface area (Å²) in [5.74, 6) is 2.67. The van der Waals surface area contributed by atoms with Crippen LogP contribution in [0.2, 0.25) is 0 Å². The van der Waals surface area contributed by atoms with Gasteiger partial charge in [0.2, 0.25) is 0 Å². The van der Waals surface area contributed by atoms with Crippen molar-refractivity contribution in [1.82, 2.24) is 10.2 Å². The lowest BCUT2D eigenvalue weighted by molar-refractivity contribution is -0.754. The van der Waals surface area contributed by atoms with Crippen molar-refractivity contribution < 1.29 is 14.9 Å². The van der Waals surface area contributed by atoms with Gasteiger partial charge in [-0.1, -0.05) is 0 Å². The van der Waals surface area contributed by atoms with Crippen LogP contribution in [0.4, 0.5) is 4.79 Å². The summed E-state index contributed by atoms with van der Waals surface area (Å²) in [6.45, 7) is 3.10. The molecule has 4 bridgehead atoms. The zero-order valence-electron chi connectivity index (χ0n) is 12.8. The van der Waals surface area contributed by atoms with Crippen LogP contribution in [0, 0.1) is 17.8 Å². The molecule has 116 valence electrons. The van der Waals surface area contributed by atoms with Crippen LogP contribution in [0.1, 0.15) is 45.4 Å². The highest BCUT2D eigenvalue weighted by Crippen LogP contribution is 2.54. The van der Waals surface area contributed by atoms with Crippen molar-refractivity contribution in [1.29, 1.82) is 0 Å².